The Morgan fingerprint density at radius 1 is 1.20 bits per heavy atom. The van der Waals surface area contributed by atoms with Crippen LogP contribution in [0.15, 0.2) is 42.7 Å². The highest BCUT2D eigenvalue weighted by atomic mass is 32.1. The molecular formula is C19H24N4OS. The molecule has 2 atom stereocenters. The number of nitrogens with one attached hydrogen (secondary N) is 1. The third-order valence-electron chi connectivity index (χ3n) is 5.37. The first-order valence-corrected chi connectivity index (χ1v) is 9.46. The summed E-state index contributed by atoms with van der Waals surface area (Å²) in [6, 6.07) is 10.9. The highest BCUT2D eigenvalue weighted by molar-refractivity contribution is 7.80. The molecule has 3 heterocycles. The number of β-amino-alcohol motifs (C(OH)–C–C–N with tert-alkyl or cyclic N) is 1. The van der Waals surface area contributed by atoms with Crippen molar-refractivity contribution in [3.63, 3.8) is 0 Å². The number of aliphatic hydroxyl groups is 1. The zero-order chi connectivity index (χ0) is 17.2. The predicted molar refractivity (Wildman–Crippen MR) is 101 cm³/mol. The van der Waals surface area contributed by atoms with Crippen molar-refractivity contribution < 1.29 is 5.11 Å². The van der Waals surface area contributed by atoms with E-state index in [4.69, 9.17) is 12.2 Å². The summed E-state index contributed by atoms with van der Waals surface area (Å²) in [6.45, 7) is 0.604. The fourth-order valence-electron chi connectivity index (χ4n) is 4.25. The van der Waals surface area contributed by atoms with Crippen LogP contribution in [0.3, 0.4) is 0 Å². The van der Waals surface area contributed by atoms with Crippen molar-refractivity contribution in [3.05, 3.63) is 54.1 Å². The largest absolute Gasteiger partial charge is 0.395 e. The molecule has 0 radical (unpaired) electrons. The van der Waals surface area contributed by atoms with Gasteiger partial charge < -0.3 is 19.9 Å². The summed E-state index contributed by atoms with van der Waals surface area (Å²) < 4.78 is 2.42. The lowest BCUT2D eigenvalue weighted by atomic mass is 10.0. The first kappa shape index (κ1) is 16.5. The lowest BCUT2D eigenvalue weighted by molar-refractivity contribution is 0.217. The highest BCUT2D eigenvalue weighted by Crippen LogP contribution is 2.41. The van der Waals surface area contributed by atoms with E-state index in [0.717, 1.165) is 5.69 Å². The van der Waals surface area contributed by atoms with Gasteiger partial charge in [0.2, 0.25) is 0 Å². The van der Waals surface area contributed by atoms with E-state index >= 15 is 0 Å². The maximum Gasteiger partial charge on any atom is 0.170 e. The van der Waals surface area contributed by atoms with E-state index in [2.05, 4.69) is 38.1 Å². The minimum atomic E-state index is -0.00435. The molecule has 1 saturated carbocycles. The Balaban J connectivity index is 1.74. The van der Waals surface area contributed by atoms with Gasteiger partial charge in [-0.05, 0) is 49.3 Å². The highest BCUT2D eigenvalue weighted by Gasteiger charge is 2.41. The Kier molecular flexibility index (Phi) is 4.72. The Bertz CT molecular complexity index is 726. The number of hydrogen-bond donors (Lipinski definition) is 2. The maximum atomic E-state index is 9.55. The molecule has 0 aromatic carbocycles. The molecule has 6 heteroatoms. The fourth-order valence-corrected chi connectivity index (χ4v) is 4.58. The van der Waals surface area contributed by atoms with Gasteiger partial charge in [0, 0.05) is 30.7 Å². The van der Waals surface area contributed by atoms with Gasteiger partial charge in [-0.3, -0.25) is 4.98 Å². The second-order valence-electron chi connectivity index (χ2n) is 6.82. The Morgan fingerprint density at radius 3 is 2.76 bits per heavy atom. The number of thiocarbonyl (C=S) groups is 1. The summed E-state index contributed by atoms with van der Waals surface area (Å²) in [5.41, 5.74) is 2.23. The standard InChI is InChI=1S/C19H24N4OS/c24-13-12-23-18(16-9-5-11-22(16)14-6-1-2-7-14)17(21-19(23)25)15-8-3-4-10-20-15/h3-5,8-11,14,17-18,24H,1-2,6-7,12-13H2,(H,21,25)/t17-,18+/m0/s1. The number of rotatable bonds is 5. The number of nitrogens with zero attached hydrogens (tertiary/aromatic N) is 3. The topological polar surface area (TPSA) is 53.3 Å². The van der Waals surface area contributed by atoms with Crippen LogP contribution in [0.5, 0.6) is 0 Å². The van der Waals surface area contributed by atoms with Gasteiger partial charge in [0.05, 0.1) is 24.4 Å². The molecule has 4 rings (SSSR count). The molecule has 2 aliphatic rings. The van der Waals surface area contributed by atoms with Gasteiger partial charge in [-0.2, -0.15) is 0 Å². The molecule has 1 aliphatic heterocycles. The van der Waals surface area contributed by atoms with Crippen molar-refractivity contribution in [3.8, 4) is 0 Å². The maximum absolute atomic E-state index is 9.55. The van der Waals surface area contributed by atoms with Crippen LogP contribution >= 0.6 is 12.2 Å². The zero-order valence-electron chi connectivity index (χ0n) is 14.2. The lowest BCUT2D eigenvalue weighted by Gasteiger charge is -2.30. The molecule has 0 amide bonds. The normalized spacial score (nSPS) is 24.0. The second-order valence-corrected chi connectivity index (χ2v) is 7.21. The second kappa shape index (κ2) is 7.14. The summed E-state index contributed by atoms with van der Waals surface area (Å²) in [4.78, 5) is 6.66. The molecule has 0 unspecified atom stereocenters. The molecule has 132 valence electrons. The average molecular weight is 356 g/mol. The third kappa shape index (κ3) is 3.04. The van der Waals surface area contributed by atoms with Crippen LogP contribution in [0.4, 0.5) is 0 Å². The molecule has 1 saturated heterocycles. The van der Waals surface area contributed by atoms with Crippen LogP contribution in [0, 0.1) is 0 Å². The SMILES string of the molecule is OCCN1C(=S)N[C@@H](c2ccccn2)[C@H]1c1cccn1C1CCCC1. The Morgan fingerprint density at radius 2 is 2.04 bits per heavy atom. The quantitative estimate of drug-likeness (QED) is 0.807. The van der Waals surface area contributed by atoms with E-state index in [1.807, 2.05) is 24.4 Å². The number of aliphatic hydroxyl groups excluding tert-OH is 1. The molecule has 0 spiro atoms. The van der Waals surface area contributed by atoms with Gasteiger partial charge in [-0.25, -0.2) is 0 Å². The van der Waals surface area contributed by atoms with Crippen molar-refractivity contribution in [1.29, 1.82) is 0 Å². The number of hydrogen-bond acceptors (Lipinski definition) is 3. The van der Waals surface area contributed by atoms with Crippen LogP contribution in [0.25, 0.3) is 0 Å². The third-order valence-corrected chi connectivity index (χ3v) is 5.72. The summed E-state index contributed by atoms with van der Waals surface area (Å²) in [5.74, 6) is 0. The van der Waals surface area contributed by atoms with Gasteiger partial charge in [0.1, 0.15) is 0 Å². The number of aromatic nitrogens is 2. The molecule has 25 heavy (non-hydrogen) atoms. The van der Waals surface area contributed by atoms with E-state index in [1.165, 1.54) is 31.4 Å². The molecule has 1 aliphatic carbocycles. The van der Waals surface area contributed by atoms with Crippen LogP contribution < -0.4 is 5.32 Å². The van der Waals surface area contributed by atoms with Crippen LogP contribution in [-0.4, -0.2) is 37.8 Å². The van der Waals surface area contributed by atoms with E-state index in [-0.39, 0.29) is 18.7 Å². The molecule has 2 N–H and O–H groups in total. The van der Waals surface area contributed by atoms with Gasteiger partial charge in [0.25, 0.3) is 0 Å². The zero-order valence-corrected chi connectivity index (χ0v) is 15.0. The number of pyridine rings is 1. The van der Waals surface area contributed by atoms with Crippen molar-refractivity contribution in [2.45, 2.75) is 43.8 Å². The molecule has 0 bridgehead atoms. The summed E-state index contributed by atoms with van der Waals surface area (Å²) in [5, 5.41) is 13.7. The fraction of sp³-hybridized carbons (Fsp3) is 0.474. The Hall–Kier alpha value is -1.92. The van der Waals surface area contributed by atoms with Crippen LogP contribution in [0.1, 0.15) is 55.2 Å². The molecule has 2 fully saturated rings. The molecular weight excluding hydrogens is 332 g/mol. The van der Waals surface area contributed by atoms with Crippen molar-refractivity contribution in [1.82, 2.24) is 19.8 Å². The van der Waals surface area contributed by atoms with E-state index in [9.17, 15) is 5.11 Å². The monoisotopic (exact) mass is 356 g/mol. The van der Waals surface area contributed by atoms with Gasteiger partial charge in [-0.1, -0.05) is 18.9 Å². The molecule has 2 aromatic heterocycles. The van der Waals surface area contributed by atoms with Gasteiger partial charge >= 0.3 is 0 Å². The van der Waals surface area contributed by atoms with Crippen molar-refractivity contribution >= 4 is 17.3 Å². The van der Waals surface area contributed by atoms with E-state index in [0.29, 0.717) is 17.7 Å². The summed E-state index contributed by atoms with van der Waals surface area (Å²) in [6.07, 6.45) is 9.09. The molecule has 2 aromatic rings. The van der Waals surface area contributed by atoms with Gasteiger partial charge in [0.15, 0.2) is 5.11 Å². The van der Waals surface area contributed by atoms with Crippen LogP contribution in [0.2, 0.25) is 0 Å². The molecule has 5 nitrogen and oxygen atoms in total. The van der Waals surface area contributed by atoms with Crippen molar-refractivity contribution in [2.75, 3.05) is 13.2 Å². The minimum absolute atomic E-state index is 0.00435. The first-order chi connectivity index (χ1) is 12.3. The van der Waals surface area contributed by atoms with Crippen molar-refractivity contribution in [2.24, 2.45) is 0 Å². The average Bonchev–Trinajstić information content (AvgIpc) is 3.36. The summed E-state index contributed by atoms with van der Waals surface area (Å²) >= 11 is 5.58. The lowest BCUT2D eigenvalue weighted by Crippen LogP contribution is -2.33. The first-order valence-electron chi connectivity index (χ1n) is 9.05. The smallest absolute Gasteiger partial charge is 0.170 e. The Labute approximate surface area is 153 Å². The van der Waals surface area contributed by atoms with E-state index < -0.39 is 0 Å². The predicted octanol–water partition coefficient (Wildman–Crippen LogP) is 2.96. The van der Waals surface area contributed by atoms with E-state index in [1.54, 1.807) is 0 Å². The van der Waals surface area contributed by atoms with Crippen LogP contribution in [-0.2, 0) is 0 Å². The minimum Gasteiger partial charge on any atom is -0.395 e. The summed E-state index contributed by atoms with van der Waals surface area (Å²) in [7, 11) is 0. The van der Waals surface area contributed by atoms with Gasteiger partial charge in [-0.15, -0.1) is 0 Å².